The Balaban J connectivity index is 2.62. The number of thiol groups is 1. The number of nitrogens with one attached hydrogen (secondary N) is 1. The minimum absolute atomic E-state index is 0.203. The lowest BCUT2D eigenvalue weighted by atomic mass is 10.3. The van der Waals surface area contributed by atoms with Crippen molar-refractivity contribution in [1.82, 2.24) is 9.79 Å². The highest BCUT2D eigenvalue weighted by atomic mass is 35.5. The van der Waals surface area contributed by atoms with Gasteiger partial charge in [0, 0.05) is 11.9 Å². The number of hydrogen-bond donors (Lipinski definition) is 2. The van der Waals surface area contributed by atoms with E-state index in [9.17, 15) is 9.59 Å². The molecule has 0 saturated carbocycles. The molecule has 0 aliphatic carbocycles. The van der Waals surface area contributed by atoms with Crippen molar-refractivity contribution in [1.29, 1.82) is 0 Å². The van der Waals surface area contributed by atoms with Gasteiger partial charge in [-0.25, -0.2) is 9.10 Å². The van der Waals surface area contributed by atoms with Gasteiger partial charge in [0.15, 0.2) is 5.75 Å². The molecule has 0 aromatic heterocycles. The highest BCUT2D eigenvalue weighted by Gasteiger charge is 2.14. The van der Waals surface area contributed by atoms with Crippen LogP contribution in [0.3, 0.4) is 0 Å². The van der Waals surface area contributed by atoms with Crippen molar-refractivity contribution in [3.63, 3.8) is 0 Å². The van der Waals surface area contributed by atoms with Gasteiger partial charge in [0.25, 0.3) is 0 Å². The van der Waals surface area contributed by atoms with E-state index in [4.69, 9.17) is 28.0 Å². The number of halogens is 2. The van der Waals surface area contributed by atoms with E-state index in [1.807, 2.05) is 5.48 Å². The Morgan fingerprint density at radius 2 is 2.06 bits per heavy atom. The van der Waals surface area contributed by atoms with E-state index in [0.717, 1.165) is 0 Å². The van der Waals surface area contributed by atoms with E-state index in [1.165, 1.54) is 19.1 Å². The summed E-state index contributed by atoms with van der Waals surface area (Å²) in [6.45, 7) is 1.18. The highest BCUT2D eigenvalue weighted by Crippen LogP contribution is 2.26. The molecule has 0 radical (unpaired) electrons. The molecule has 8 heteroatoms. The van der Waals surface area contributed by atoms with E-state index in [-0.39, 0.29) is 10.8 Å². The second kappa shape index (κ2) is 6.00. The minimum atomic E-state index is -0.827. The molecule has 17 heavy (non-hydrogen) atoms. The van der Waals surface area contributed by atoms with E-state index in [0.29, 0.717) is 9.33 Å². The molecule has 92 valence electrons. The third-order valence-corrected chi connectivity index (χ3v) is 2.63. The number of imide groups is 1. The van der Waals surface area contributed by atoms with E-state index in [2.05, 4.69) is 12.8 Å². The number of urea groups is 1. The summed E-state index contributed by atoms with van der Waals surface area (Å²) >= 11 is 15.1. The molecule has 0 heterocycles. The largest absolute Gasteiger partial charge is 0.376 e. The van der Waals surface area contributed by atoms with Crippen LogP contribution in [0, 0.1) is 0 Å². The zero-order valence-electron chi connectivity index (χ0n) is 8.61. The van der Waals surface area contributed by atoms with Gasteiger partial charge in [0.05, 0.1) is 5.02 Å². The SMILES string of the molecule is CC(=O)N(S)C(=O)NOc1ccc(Cl)cc1Cl. The molecule has 1 aromatic rings. The lowest BCUT2D eigenvalue weighted by Crippen LogP contribution is -2.38. The van der Waals surface area contributed by atoms with Gasteiger partial charge in [0.1, 0.15) is 0 Å². The van der Waals surface area contributed by atoms with Crippen LogP contribution in [-0.4, -0.2) is 16.2 Å². The lowest BCUT2D eigenvalue weighted by molar-refractivity contribution is -0.122. The first-order valence-electron chi connectivity index (χ1n) is 4.33. The van der Waals surface area contributed by atoms with Crippen molar-refractivity contribution in [2.24, 2.45) is 0 Å². The van der Waals surface area contributed by atoms with Crippen LogP contribution in [0.1, 0.15) is 6.92 Å². The van der Waals surface area contributed by atoms with Gasteiger partial charge >= 0.3 is 6.03 Å². The predicted octanol–water partition coefficient (Wildman–Crippen LogP) is 2.69. The molecular weight excluding hydrogens is 287 g/mol. The summed E-state index contributed by atoms with van der Waals surface area (Å²) in [5.74, 6) is -0.341. The highest BCUT2D eigenvalue weighted by molar-refractivity contribution is 7.79. The smallest absolute Gasteiger partial charge is 0.367 e. The number of hydrogen-bond acceptors (Lipinski definition) is 4. The third-order valence-electron chi connectivity index (χ3n) is 1.63. The Kier molecular flexibility index (Phi) is 4.92. The number of hydroxylamine groups is 1. The summed E-state index contributed by atoms with van der Waals surface area (Å²) in [7, 11) is 0. The summed E-state index contributed by atoms with van der Waals surface area (Å²) in [6.07, 6.45) is 0. The molecule has 0 fully saturated rings. The van der Waals surface area contributed by atoms with Crippen molar-refractivity contribution in [2.45, 2.75) is 6.92 Å². The van der Waals surface area contributed by atoms with Crippen LogP contribution in [0.25, 0.3) is 0 Å². The van der Waals surface area contributed by atoms with Gasteiger partial charge in [-0.15, -0.1) is 0 Å². The maximum atomic E-state index is 11.3. The van der Waals surface area contributed by atoms with Gasteiger partial charge in [-0.1, -0.05) is 36.0 Å². The fourth-order valence-electron chi connectivity index (χ4n) is 0.843. The Morgan fingerprint density at radius 1 is 1.41 bits per heavy atom. The average Bonchev–Trinajstić information content (AvgIpc) is 2.26. The number of nitrogens with zero attached hydrogens (tertiary/aromatic N) is 1. The van der Waals surface area contributed by atoms with Gasteiger partial charge in [-0.3, -0.25) is 4.79 Å². The molecule has 1 rings (SSSR count). The molecule has 1 N–H and O–H groups in total. The number of carbonyl (C=O) groups excluding carboxylic acids is 2. The average molecular weight is 295 g/mol. The monoisotopic (exact) mass is 294 g/mol. The van der Waals surface area contributed by atoms with E-state index >= 15 is 0 Å². The second-order valence-electron chi connectivity index (χ2n) is 2.91. The number of rotatable bonds is 2. The van der Waals surface area contributed by atoms with E-state index < -0.39 is 11.9 Å². The van der Waals surface area contributed by atoms with Crippen LogP contribution in [0.5, 0.6) is 5.75 Å². The molecule has 5 nitrogen and oxygen atoms in total. The van der Waals surface area contributed by atoms with Crippen molar-refractivity contribution in [3.8, 4) is 5.75 Å². The fraction of sp³-hybridized carbons (Fsp3) is 0.111. The molecule has 0 unspecified atom stereocenters. The first-order valence-corrected chi connectivity index (χ1v) is 5.49. The summed E-state index contributed by atoms with van der Waals surface area (Å²) in [4.78, 5) is 26.9. The van der Waals surface area contributed by atoms with Crippen LogP contribution in [-0.2, 0) is 4.79 Å². The molecule has 0 saturated heterocycles. The zero-order chi connectivity index (χ0) is 13.0. The number of amides is 3. The zero-order valence-corrected chi connectivity index (χ0v) is 11.0. The Bertz CT molecular complexity index is 456. The van der Waals surface area contributed by atoms with Crippen LogP contribution in [0.4, 0.5) is 4.79 Å². The first-order chi connectivity index (χ1) is 7.91. The lowest BCUT2D eigenvalue weighted by Gasteiger charge is -2.13. The summed E-state index contributed by atoms with van der Waals surface area (Å²) in [5, 5.41) is 0.666. The van der Waals surface area contributed by atoms with Gasteiger partial charge in [-0.05, 0) is 18.2 Å². The summed E-state index contributed by atoms with van der Waals surface area (Å²) in [5.41, 5.74) is 2.00. The van der Waals surface area contributed by atoms with E-state index in [1.54, 1.807) is 6.07 Å². The molecule has 0 atom stereocenters. The normalized spacial score (nSPS) is 9.65. The number of carbonyl (C=O) groups is 2. The van der Waals surface area contributed by atoms with Crippen LogP contribution < -0.4 is 10.3 Å². The molecule has 0 bridgehead atoms. The van der Waals surface area contributed by atoms with Crippen molar-refractivity contribution in [3.05, 3.63) is 28.2 Å². The van der Waals surface area contributed by atoms with Gasteiger partial charge < -0.3 is 4.84 Å². The second-order valence-corrected chi connectivity index (χ2v) is 4.16. The Labute approximate surface area is 113 Å². The molecule has 3 amide bonds. The molecular formula is C9H8Cl2N2O3S. The fourth-order valence-corrected chi connectivity index (χ4v) is 1.33. The standard InChI is InChI=1S/C9H8Cl2N2O3S/c1-5(14)13(17)9(15)12-16-8-3-2-6(10)4-7(8)11/h2-4,17H,1H3,(H,12,15). The molecule has 0 spiro atoms. The van der Waals surface area contributed by atoms with Crippen LogP contribution >= 0.6 is 36.0 Å². The third kappa shape index (κ3) is 3.99. The van der Waals surface area contributed by atoms with Gasteiger partial charge in [0.2, 0.25) is 5.91 Å². The quantitative estimate of drug-likeness (QED) is 0.651. The first kappa shape index (κ1) is 14.0. The van der Waals surface area contributed by atoms with Crippen LogP contribution in [0.2, 0.25) is 10.0 Å². The molecule has 1 aromatic carbocycles. The number of benzene rings is 1. The minimum Gasteiger partial charge on any atom is -0.376 e. The van der Waals surface area contributed by atoms with Crippen molar-refractivity contribution >= 4 is 48.0 Å². The Hall–Kier alpha value is -1.11. The van der Waals surface area contributed by atoms with Crippen LogP contribution in [0.15, 0.2) is 18.2 Å². The van der Waals surface area contributed by atoms with Gasteiger partial charge in [-0.2, -0.15) is 5.48 Å². The molecule has 0 aliphatic rings. The van der Waals surface area contributed by atoms with Crippen molar-refractivity contribution in [2.75, 3.05) is 0 Å². The maximum Gasteiger partial charge on any atom is 0.367 e. The molecule has 0 aliphatic heterocycles. The topological polar surface area (TPSA) is 58.6 Å². The summed E-state index contributed by atoms with van der Waals surface area (Å²) < 4.78 is 0.559. The summed E-state index contributed by atoms with van der Waals surface area (Å²) in [6, 6.07) is 3.64. The Morgan fingerprint density at radius 3 is 2.59 bits per heavy atom. The maximum absolute atomic E-state index is 11.3. The predicted molar refractivity (Wildman–Crippen MR) is 67.1 cm³/mol. The van der Waals surface area contributed by atoms with Crippen molar-refractivity contribution < 1.29 is 14.4 Å².